The van der Waals surface area contributed by atoms with E-state index < -0.39 is 5.41 Å². The summed E-state index contributed by atoms with van der Waals surface area (Å²) in [6.07, 6.45) is 3.17. The van der Waals surface area contributed by atoms with Gasteiger partial charge in [0.2, 0.25) is 0 Å². The van der Waals surface area contributed by atoms with E-state index in [1.54, 1.807) is 0 Å². The molecule has 0 aliphatic heterocycles. The smallest absolute Gasteiger partial charge is 0.150 e. The predicted molar refractivity (Wildman–Crippen MR) is 127 cm³/mol. The topological polar surface area (TPSA) is 71.1 Å². The molecule has 0 bridgehead atoms. The third-order valence-electron chi connectivity index (χ3n) is 6.18. The Morgan fingerprint density at radius 3 is 1.45 bits per heavy atom. The van der Waals surface area contributed by atoms with Crippen LogP contribution in [0.2, 0.25) is 0 Å². The maximum Gasteiger partial charge on any atom is 0.150 e. The molecule has 2 aromatic rings. The average Bonchev–Trinajstić information content (AvgIpc) is 3.12. The van der Waals surface area contributed by atoms with Crippen molar-refractivity contribution >= 4 is 12.6 Å². The normalized spacial score (nSPS) is 13.5. The minimum Gasteiger partial charge on any atom is -0.379 e. The summed E-state index contributed by atoms with van der Waals surface area (Å²) in [5.41, 5.74) is 5.22. The van der Waals surface area contributed by atoms with E-state index in [4.69, 9.17) is 18.9 Å². The number of fused-ring (bicyclic) bond motifs is 3. The molecule has 0 N–H and O–H groups in total. The first-order valence-electron chi connectivity index (χ1n) is 11.7. The van der Waals surface area contributed by atoms with Gasteiger partial charge >= 0.3 is 0 Å². The highest BCUT2D eigenvalue weighted by atomic mass is 16.5. The number of ether oxygens (including phenoxy) is 4. The van der Waals surface area contributed by atoms with Gasteiger partial charge in [-0.25, -0.2) is 0 Å². The number of carbonyl (C=O) groups is 2. The van der Waals surface area contributed by atoms with E-state index in [9.17, 15) is 9.59 Å². The Hall–Kier alpha value is -2.38. The van der Waals surface area contributed by atoms with Gasteiger partial charge in [-0.2, -0.15) is 0 Å². The van der Waals surface area contributed by atoms with Crippen LogP contribution in [0.1, 0.15) is 58.5 Å². The summed E-state index contributed by atoms with van der Waals surface area (Å²) < 4.78 is 22.6. The highest BCUT2D eigenvalue weighted by Gasteiger charge is 2.43. The van der Waals surface area contributed by atoms with Crippen molar-refractivity contribution in [1.29, 1.82) is 0 Å². The number of aldehydes is 2. The largest absolute Gasteiger partial charge is 0.379 e. The first-order valence-corrected chi connectivity index (χ1v) is 11.7. The lowest BCUT2D eigenvalue weighted by Crippen LogP contribution is -2.30. The molecule has 1 aliphatic rings. The molecule has 178 valence electrons. The predicted octanol–water partition coefficient (Wildman–Crippen LogP) is 4.46. The fraction of sp³-hybridized carbons (Fsp3) is 0.481. The van der Waals surface area contributed by atoms with Gasteiger partial charge in [-0.15, -0.1) is 0 Å². The molecular weight excluding hydrogens is 420 g/mol. The van der Waals surface area contributed by atoms with Crippen LogP contribution >= 0.6 is 0 Å². The number of carbonyl (C=O) groups excluding carboxylic acids is 2. The van der Waals surface area contributed by atoms with Crippen LogP contribution < -0.4 is 0 Å². The maximum atomic E-state index is 11.6. The Labute approximate surface area is 196 Å². The molecule has 0 radical (unpaired) electrons. The van der Waals surface area contributed by atoms with Gasteiger partial charge in [-0.3, -0.25) is 9.59 Å². The summed E-state index contributed by atoms with van der Waals surface area (Å²) in [6.45, 7) is 8.47. The maximum absolute atomic E-state index is 11.6. The Balaban J connectivity index is 1.92. The molecule has 6 heteroatoms. The molecule has 0 spiro atoms. The van der Waals surface area contributed by atoms with Crippen molar-refractivity contribution in [3.8, 4) is 11.1 Å². The van der Waals surface area contributed by atoms with Crippen LogP contribution in [0, 0.1) is 0 Å². The SMILES string of the molecule is CCOCCOCCC1(CCOCCOCC)c2cc(C=O)ccc2-c2ccc(C=O)cc21. The van der Waals surface area contributed by atoms with E-state index in [1.165, 1.54) is 0 Å². The van der Waals surface area contributed by atoms with E-state index in [0.717, 1.165) is 34.8 Å². The van der Waals surface area contributed by atoms with E-state index >= 15 is 0 Å². The van der Waals surface area contributed by atoms with Crippen LogP contribution in [0.3, 0.4) is 0 Å². The van der Waals surface area contributed by atoms with Crippen molar-refractivity contribution in [1.82, 2.24) is 0 Å². The quantitative estimate of drug-likeness (QED) is 0.275. The van der Waals surface area contributed by atoms with Crippen molar-refractivity contribution in [2.75, 3.05) is 52.9 Å². The third kappa shape index (κ3) is 5.95. The zero-order valence-corrected chi connectivity index (χ0v) is 19.6. The highest BCUT2D eigenvalue weighted by molar-refractivity contribution is 5.87. The fourth-order valence-corrected chi connectivity index (χ4v) is 4.56. The van der Waals surface area contributed by atoms with E-state index in [-0.39, 0.29) is 0 Å². The van der Waals surface area contributed by atoms with Gasteiger partial charge in [0.25, 0.3) is 0 Å². The lowest BCUT2D eigenvalue weighted by atomic mass is 9.72. The minimum absolute atomic E-state index is 0.417. The van der Waals surface area contributed by atoms with Crippen LogP contribution in [-0.4, -0.2) is 65.4 Å². The molecule has 6 nitrogen and oxygen atoms in total. The van der Waals surface area contributed by atoms with Crippen LogP contribution in [-0.2, 0) is 24.4 Å². The molecule has 0 heterocycles. The molecule has 0 saturated carbocycles. The van der Waals surface area contributed by atoms with E-state index in [1.807, 2.05) is 50.2 Å². The number of hydrogen-bond donors (Lipinski definition) is 0. The van der Waals surface area contributed by atoms with Crippen LogP contribution in [0.5, 0.6) is 0 Å². The lowest BCUT2D eigenvalue weighted by molar-refractivity contribution is 0.0356. The van der Waals surface area contributed by atoms with Crippen molar-refractivity contribution in [2.45, 2.75) is 32.1 Å². The summed E-state index contributed by atoms with van der Waals surface area (Å²) in [5, 5.41) is 0. The van der Waals surface area contributed by atoms with Crippen LogP contribution in [0.4, 0.5) is 0 Å². The molecule has 0 unspecified atom stereocenters. The summed E-state index contributed by atoms with van der Waals surface area (Å²) in [5.74, 6) is 0. The zero-order chi connectivity index (χ0) is 23.5. The second-order valence-electron chi connectivity index (χ2n) is 8.05. The summed E-state index contributed by atoms with van der Waals surface area (Å²) in [7, 11) is 0. The van der Waals surface area contributed by atoms with E-state index in [0.29, 0.717) is 76.8 Å². The molecule has 33 heavy (non-hydrogen) atoms. The van der Waals surface area contributed by atoms with Gasteiger partial charge in [0.1, 0.15) is 12.6 Å². The van der Waals surface area contributed by atoms with E-state index in [2.05, 4.69) is 0 Å². The van der Waals surface area contributed by atoms with Crippen molar-refractivity contribution in [3.05, 3.63) is 58.7 Å². The standard InChI is InChI=1S/C27H34O6/c1-3-30-13-15-32-11-9-27(10-12-33-16-14-31-4-2)25-17-21(19-28)5-7-23(25)24-8-6-22(20-29)18-26(24)27/h5-8,17-20H,3-4,9-16H2,1-2H3. The molecule has 0 fully saturated rings. The lowest BCUT2D eigenvalue weighted by Gasteiger charge is -2.32. The van der Waals surface area contributed by atoms with Gasteiger partial charge < -0.3 is 18.9 Å². The van der Waals surface area contributed by atoms with Gasteiger partial charge in [0.15, 0.2) is 0 Å². The highest BCUT2D eigenvalue weighted by Crippen LogP contribution is 2.53. The average molecular weight is 455 g/mol. The van der Waals surface area contributed by atoms with Gasteiger partial charge in [0.05, 0.1) is 26.4 Å². The van der Waals surface area contributed by atoms with Gasteiger partial charge in [-0.05, 0) is 61.1 Å². The van der Waals surface area contributed by atoms with Crippen molar-refractivity contribution < 1.29 is 28.5 Å². The Bertz CT molecular complexity index is 847. The van der Waals surface area contributed by atoms with Crippen LogP contribution in [0.15, 0.2) is 36.4 Å². The monoisotopic (exact) mass is 454 g/mol. The molecule has 0 amide bonds. The number of rotatable bonds is 16. The second-order valence-corrected chi connectivity index (χ2v) is 8.05. The third-order valence-corrected chi connectivity index (χ3v) is 6.18. The summed E-state index contributed by atoms with van der Waals surface area (Å²) in [4.78, 5) is 23.2. The zero-order valence-electron chi connectivity index (χ0n) is 19.6. The summed E-state index contributed by atoms with van der Waals surface area (Å²) >= 11 is 0. The van der Waals surface area contributed by atoms with Crippen molar-refractivity contribution in [2.24, 2.45) is 0 Å². The first kappa shape index (κ1) is 25.2. The molecule has 0 saturated heterocycles. The Kier molecular flexibility index (Phi) is 9.76. The fourth-order valence-electron chi connectivity index (χ4n) is 4.56. The molecule has 3 rings (SSSR count). The summed E-state index contributed by atoms with van der Waals surface area (Å²) in [6, 6.07) is 11.7. The van der Waals surface area contributed by atoms with Gasteiger partial charge in [0, 0.05) is 43.0 Å². The molecule has 2 aromatic carbocycles. The second kappa shape index (κ2) is 12.8. The molecular formula is C27H34O6. The molecule has 0 aromatic heterocycles. The van der Waals surface area contributed by atoms with Crippen LogP contribution in [0.25, 0.3) is 11.1 Å². The number of benzene rings is 2. The Morgan fingerprint density at radius 2 is 1.06 bits per heavy atom. The minimum atomic E-state index is -0.417. The first-order chi connectivity index (χ1) is 16.2. The Morgan fingerprint density at radius 1 is 0.636 bits per heavy atom. The molecule has 0 atom stereocenters. The number of hydrogen-bond acceptors (Lipinski definition) is 6. The molecule has 1 aliphatic carbocycles. The van der Waals surface area contributed by atoms with Crippen molar-refractivity contribution in [3.63, 3.8) is 0 Å². The van der Waals surface area contributed by atoms with Gasteiger partial charge in [-0.1, -0.05) is 24.3 Å².